The van der Waals surface area contributed by atoms with E-state index in [-0.39, 0.29) is 5.78 Å². The van der Waals surface area contributed by atoms with E-state index in [9.17, 15) is 4.79 Å². The highest BCUT2D eigenvalue weighted by molar-refractivity contribution is 5.99. The number of hydrogen-bond donors (Lipinski definition) is 0. The first-order valence-electron chi connectivity index (χ1n) is 7.69. The Hall–Kier alpha value is -1.39. The second-order valence-corrected chi connectivity index (χ2v) is 5.49. The average molecular weight is 291 g/mol. The predicted octanol–water partition coefficient (Wildman–Crippen LogP) is 2.61. The summed E-state index contributed by atoms with van der Waals surface area (Å²) in [6, 6.07) is 3.91. The number of aryl methyl sites for hydroxylation is 2. The minimum Gasteiger partial charge on any atom is -0.494 e. The van der Waals surface area contributed by atoms with E-state index in [4.69, 9.17) is 9.47 Å². The first-order chi connectivity index (χ1) is 10.1. The molecule has 0 radical (unpaired) electrons. The van der Waals surface area contributed by atoms with Crippen LogP contribution in [0.1, 0.15) is 34.8 Å². The van der Waals surface area contributed by atoms with E-state index in [1.807, 2.05) is 32.9 Å². The Morgan fingerprint density at radius 2 is 1.86 bits per heavy atom. The lowest BCUT2D eigenvalue weighted by molar-refractivity contribution is 0.0370. The summed E-state index contributed by atoms with van der Waals surface area (Å²) in [5, 5.41) is 0. The Balaban J connectivity index is 2.01. The Kier molecular flexibility index (Phi) is 5.76. The quantitative estimate of drug-likeness (QED) is 0.755. The van der Waals surface area contributed by atoms with E-state index in [1.54, 1.807) is 0 Å². The van der Waals surface area contributed by atoms with Gasteiger partial charge in [0.25, 0.3) is 0 Å². The van der Waals surface area contributed by atoms with Gasteiger partial charge in [0.2, 0.25) is 0 Å². The molecule has 116 valence electrons. The van der Waals surface area contributed by atoms with Crippen molar-refractivity contribution >= 4 is 5.78 Å². The highest BCUT2D eigenvalue weighted by atomic mass is 16.5. The maximum absolute atomic E-state index is 12.5. The number of ether oxygens (including phenoxy) is 2. The van der Waals surface area contributed by atoms with Gasteiger partial charge in [0.1, 0.15) is 5.75 Å². The molecule has 0 saturated carbocycles. The molecule has 1 fully saturated rings. The van der Waals surface area contributed by atoms with E-state index < -0.39 is 0 Å². The molecule has 1 aromatic carbocycles. The number of carbonyl (C=O) groups is 1. The maximum Gasteiger partial charge on any atom is 0.164 e. The Bertz CT molecular complexity index is 470. The van der Waals surface area contributed by atoms with Gasteiger partial charge >= 0.3 is 0 Å². The van der Waals surface area contributed by atoms with Crippen molar-refractivity contribution in [3.8, 4) is 5.75 Å². The summed E-state index contributed by atoms with van der Waals surface area (Å²) >= 11 is 0. The Morgan fingerprint density at radius 1 is 1.24 bits per heavy atom. The zero-order chi connectivity index (χ0) is 15.2. The van der Waals surface area contributed by atoms with Crippen molar-refractivity contribution in [2.75, 3.05) is 39.5 Å². The van der Waals surface area contributed by atoms with Gasteiger partial charge in [-0.2, -0.15) is 0 Å². The summed E-state index contributed by atoms with van der Waals surface area (Å²) in [5.74, 6) is 1.07. The van der Waals surface area contributed by atoms with Crippen molar-refractivity contribution in [3.63, 3.8) is 0 Å². The van der Waals surface area contributed by atoms with Gasteiger partial charge in [-0.1, -0.05) is 0 Å². The van der Waals surface area contributed by atoms with Crippen molar-refractivity contribution in [1.82, 2.24) is 4.90 Å². The first kappa shape index (κ1) is 16.0. The second kappa shape index (κ2) is 7.57. The monoisotopic (exact) mass is 291 g/mol. The third-order valence-electron chi connectivity index (χ3n) is 3.85. The van der Waals surface area contributed by atoms with Crippen LogP contribution in [0.25, 0.3) is 0 Å². The largest absolute Gasteiger partial charge is 0.494 e. The third-order valence-corrected chi connectivity index (χ3v) is 3.85. The molecule has 1 aromatic rings. The van der Waals surface area contributed by atoms with Crippen molar-refractivity contribution in [1.29, 1.82) is 0 Å². The van der Waals surface area contributed by atoms with Crippen molar-refractivity contribution < 1.29 is 14.3 Å². The van der Waals surface area contributed by atoms with Gasteiger partial charge in [-0.05, 0) is 44.0 Å². The van der Waals surface area contributed by atoms with Crippen LogP contribution in [0, 0.1) is 13.8 Å². The molecule has 0 unspecified atom stereocenters. The van der Waals surface area contributed by atoms with Gasteiger partial charge in [-0.25, -0.2) is 0 Å². The number of hydrogen-bond acceptors (Lipinski definition) is 4. The van der Waals surface area contributed by atoms with E-state index in [1.165, 1.54) is 0 Å². The number of benzene rings is 1. The van der Waals surface area contributed by atoms with Gasteiger partial charge in [-0.15, -0.1) is 0 Å². The molecule has 4 nitrogen and oxygen atoms in total. The molecule has 0 amide bonds. The molecule has 0 bridgehead atoms. The van der Waals surface area contributed by atoms with E-state index in [0.717, 1.165) is 55.3 Å². The standard InChI is InChI=1S/C17H25NO3/c1-4-21-15-11-13(2)17(14(3)12-15)16(19)5-6-18-7-9-20-10-8-18/h11-12H,4-10H2,1-3H3. The van der Waals surface area contributed by atoms with E-state index in [0.29, 0.717) is 13.0 Å². The zero-order valence-corrected chi connectivity index (χ0v) is 13.3. The fourth-order valence-corrected chi connectivity index (χ4v) is 2.82. The molecular formula is C17H25NO3. The summed E-state index contributed by atoms with van der Waals surface area (Å²) in [4.78, 5) is 14.8. The van der Waals surface area contributed by atoms with Crippen LogP contribution < -0.4 is 4.74 Å². The average Bonchev–Trinajstić information content (AvgIpc) is 2.46. The van der Waals surface area contributed by atoms with Gasteiger partial charge < -0.3 is 9.47 Å². The Morgan fingerprint density at radius 3 is 2.43 bits per heavy atom. The molecular weight excluding hydrogens is 266 g/mol. The van der Waals surface area contributed by atoms with Crippen LogP contribution in [0.2, 0.25) is 0 Å². The van der Waals surface area contributed by atoms with Crippen LogP contribution in [0.15, 0.2) is 12.1 Å². The Labute approximate surface area is 127 Å². The van der Waals surface area contributed by atoms with Crippen LogP contribution in [-0.2, 0) is 4.74 Å². The van der Waals surface area contributed by atoms with Gasteiger partial charge in [0.05, 0.1) is 19.8 Å². The fourth-order valence-electron chi connectivity index (χ4n) is 2.82. The maximum atomic E-state index is 12.5. The van der Waals surface area contributed by atoms with E-state index >= 15 is 0 Å². The number of nitrogens with zero attached hydrogens (tertiary/aromatic N) is 1. The van der Waals surface area contributed by atoms with Crippen LogP contribution in [0.3, 0.4) is 0 Å². The molecule has 0 aliphatic carbocycles. The summed E-state index contributed by atoms with van der Waals surface area (Å²) in [6.07, 6.45) is 0.565. The zero-order valence-electron chi connectivity index (χ0n) is 13.3. The van der Waals surface area contributed by atoms with Crippen LogP contribution in [-0.4, -0.2) is 50.1 Å². The molecule has 0 aromatic heterocycles. The van der Waals surface area contributed by atoms with Crippen LogP contribution in [0.4, 0.5) is 0 Å². The predicted molar refractivity (Wildman–Crippen MR) is 83.3 cm³/mol. The molecule has 1 aliphatic rings. The van der Waals surface area contributed by atoms with Gasteiger partial charge in [-0.3, -0.25) is 9.69 Å². The number of Topliss-reactive ketones (excluding diaryl/α,β-unsaturated/α-hetero) is 1. The lowest BCUT2D eigenvalue weighted by atomic mass is 9.97. The van der Waals surface area contributed by atoms with Crippen LogP contribution >= 0.6 is 0 Å². The molecule has 1 aliphatic heterocycles. The van der Waals surface area contributed by atoms with Crippen LogP contribution in [0.5, 0.6) is 5.75 Å². The fraction of sp³-hybridized carbons (Fsp3) is 0.588. The second-order valence-electron chi connectivity index (χ2n) is 5.49. The summed E-state index contributed by atoms with van der Waals surface area (Å²) in [5.41, 5.74) is 2.86. The third kappa shape index (κ3) is 4.29. The molecule has 1 heterocycles. The lowest BCUT2D eigenvalue weighted by Gasteiger charge is -2.26. The minimum atomic E-state index is 0.222. The number of ketones is 1. The molecule has 0 N–H and O–H groups in total. The van der Waals surface area contributed by atoms with Crippen molar-refractivity contribution in [3.05, 3.63) is 28.8 Å². The SMILES string of the molecule is CCOc1cc(C)c(C(=O)CCN2CCOCC2)c(C)c1. The smallest absolute Gasteiger partial charge is 0.164 e. The van der Waals surface area contributed by atoms with Crippen molar-refractivity contribution in [2.24, 2.45) is 0 Å². The van der Waals surface area contributed by atoms with Gasteiger partial charge in [0.15, 0.2) is 5.78 Å². The molecule has 1 saturated heterocycles. The lowest BCUT2D eigenvalue weighted by Crippen LogP contribution is -2.37. The highest BCUT2D eigenvalue weighted by Crippen LogP contribution is 2.23. The van der Waals surface area contributed by atoms with Gasteiger partial charge in [0, 0.05) is 31.6 Å². The number of carbonyl (C=O) groups excluding carboxylic acids is 1. The summed E-state index contributed by atoms with van der Waals surface area (Å²) < 4.78 is 10.8. The minimum absolute atomic E-state index is 0.222. The molecule has 21 heavy (non-hydrogen) atoms. The highest BCUT2D eigenvalue weighted by Gasteiger charge is 2.16. The molecule has 2 rings (SSSR count). The first-order valence-corrected chi connectivity index (χ1v) is 7.69. The molecule has 0 atom stereocenters. The topological polar surface area (TPSA) is 38.8 Å². The van der Waals surface area contributed by atoms with Crippen molar-refractivity contribution in [2.45, 2.75) is 27.2 Å². The summed E-state index contributed by atoms with van der Waals surface area (Å²) in [7, 11) is 0. The molecule has 0 spiro atoms. The normalized spacial score (nSPS) is 16.0. The summed E-state index contributed by atoms with van der Waals surface area (Å²) in [6.45, 7) is 10.8. The van der Waals surface area contributed by atoms with E-state index in [2.05, 4.69) is 4.90 Å². The number of morpholine rings is 1. The number of rotatable bonds is 6. The molecule has 4 heteroatoms.